The van der Waals surface area contributed by atoms with Crippen molar-refractivity contribution >= 4 is 11.9 Å². The van der Waals surface area contributed by atoms with E-state index in [9.17, 15) is 9.59 Å². The van der Waals surface area contributed by atoms with E-state index < -0.39 is 11.9 Å². The van der Waals surface area contributed by atoms with Gasteiger partial charge in [0.05, 0.1) is 11.1 Å². The summed E-state index contributed by atoms with van der Waals surface area (Å²) in [6, 6.07) is 5.02. The van der Waals surface area contributed by atoms with Crippen molar-refractivity contribution in [3.63, 3.8) is 0 Å². The van der Waals surface area contributed by atoms with E-state index >= 15 is 0 Å². The third kappa shape index (κ3) is 3.64. The predicted molar refractivity (Wildman–Crippen MR) is 44.0 cm³/mol. The molecule has 0 aliphatic rings. The Labute approximate surface area is 92.4 Å². The molecule has 0 aliphatic carbocycles. The Balaban J connectivity index is 0. The standard InChI is InChI=1S/C8H6O4.H2O.Zn/c9-7(10)5-1-2-6(4-3-5)8(11)12;;/h1-4H,(H,9,10)(H,11,12);1H2;. The molecule has 0 amide bonds. The molecule has 0 heterocycles. The quantitative estimate of drug-likeness (QED) is 0.733. The molecule has 0 aliphatic heterocycles. The Bertz CT molecular complexity index is 286. The van der Waals surface area contributed by atoms with Crippen LogP contribution in [0, 0.1) is 0 Å². The second-order valence-corrected chi connectivity index (χ2v) is 2.19. The van der Waals surface area contributed by atoms with Crippen LogP contribution in [0.3, 0.4) is 0 Å². The predicted octanol–water partition coefficient (Wildman–Crippen LogP) is 0.256. The Morgan fingerprint density at radius 1 is 0.857 bits per heavy atom. The van der Waals surface area contributed by atoms with Crippen molar-refractivity contribution < 1.29 is 44.8 Å². The first-order valence-electron chi connectivity index (χ1n) is 3.18. The largest absolute Gasteiger partial charge is 0.478 e. The normalized spacial score (nSPS) is 8.00. The molecule has 4 N–H and O–H groups in total. The second kappa shape index (κ2) is 6.24. The van der Waals surface area contributed by atoms with Crippen molar-refractivity contribution in [2.75, 3.05) is 0 Å². The van der Waals surface area contributed by atoms with E-state index in [-0.39, 0.29) is 36.1 Å². The second-order valence-electron chi connectivity index (χ2n) is 2.19. The zero-order chi connectivity index (χ0) is 9.14. The van der Waals surface area contributed by atoms with E-state index in [0.29, 0.717) is 0 Å². The molecule has 0 saturated carbocycles. The SMILES string of the molecule is O.O=C(O)c1ccc(C(=O)O)cc1.[Zn]. The number of benzene rings is 1. The molecule has 1 aromatic carbocycles. The number of hydrogen-bond acceptors (Lipinski definition) is 2. The summed E-state index contributed by atoms with van der Waals surface area (Å²) in [5, 5.41) is 16.9. The maximum absolute atomic E-state index is 10.3. The van der Waals surface area contributed by atoms with Crippen LogP contribution < -0.4 is 0 Å². The van der Waals surface area contributed by atoms with Crippen LogP contribution in [0.4, 0.5) is 0 Å². The Kier molecular flexibility index (Phi) is 6.78. The number of aromatic carboxylic acids is 2. The zero-order valence-corrected chi connectivity index (χ0v) is 10.2. The Hall–Kier alpha value is -1.26. The summed E-state index contributed by atoms with van der Waals surface area (Å²) in [6.07, 6.45) is 0. The maximum atomic E-state index is 10.3. The summed E-state index contributed by atoms with van der Waals surface area (Å²) in [5.74, 6) is -2.13. The van der Waals surface area contributed by atoms with Gasteiger partial charge in [-0.3, -0.25) is 0 Å². The van der Waals surface area contributed by atoms with Gasteiger partial charge in [-0.1, -0.05) is 0 Å². The van der Waals surface area contributed by atoms with Gasteiger partial charge in [-0.05, 0) is 24.3 Å². The Morgan fingerprint density at radius 2 is 1.07 bits per heavy atom. The molecule has 0 radical (unpaired) electrons. The molecule has 72 valence electrons. The summed E-state index contributed by atoms with van der Waals surface area (Å²) in [5.41, 5.74) is 0.167. The Morgan fingerprint density at radius 3 is 1.21 bits per heavy atom. The van der Waals surface area contributed by atoms with Gasteiger partial charge in [0, 0.05) is 19.5 Å². The summed E-state index contributed by atoms with van der Waals surface area (Å²) in [7, 11) is 0. The van der Waals surface area contributed by atoms with Crippen LogP contribution in [-0.2, 0) is 19.5 Å². The smallest absolute Gasteiger partial charge is 0.335 e. The number of carboxylic acid groups (broad SMARTS) is 2. The first kappa shape index (κ1) is 15.2. The van der Waals surface area contributed by atoms with E-state index in [1.807, 2.05) is 0 Å². The monoisotopic (exact) mass is 248 g/mol. The minimum Gasteiger partial charge on any atom is -0.478 e. The molecular weight excluding hydrogens is 241 g/mol. The van der Waals surface area contributed by atoms with Crippen LogP contribution in [0.1, 0.15) is 20.7 Å². The maximum Gasteiger partial charge on any atom is 0.335 e. The molecule has 0 atom stereocenters. The van der Waals surface area contributed by atoms with Gasteiger partial charge in [0.25, 0.3) is 0 Å². The summed E-state index contributed by atoms with van der Waals surface area (Å²) < 4.78 is 0. The summed E-state index contributed by atoms with van der Waals surface area (Å²) >= 11 is 0. The number of rotatable bonds is 2. The van der Waals surface area contributed by atoms with E-state index in [4.69, 9.17) is 10.2 Å². The molecule has 1 aromatic rings. The summed E-state index contributed by atoms with van der Waals surface area (Å²) in [4.78, 5) is 20.7. The van der Waals surface area contributed by atoms with Gasteiger partial charge in [-0.15, -0.1) is 0 Å². The first-order valence-corrected chi connectivity index (χ1v) is 3.18. The van der Waals surface area contributed by atoms with Crippen LogP contribution in [0.5, 0.6) is 0 Å². The van der Waals surface area contributed by atoms with Gasteiger partial charge >= 0.3 is 11.9 Å². The van der Waals surface area contributed by atoms with Crippen molar-refractivity contribution in [1.29, 1.82) is 0 Å². The third-order valence-corrected chi connectivity index (χ3v) is 1.38. The van der Waals surface area contributed by atoms with Crippen LogP contribution in [0.15, 0.2) is 24.3 Å². The molecule has 0 fully saturated rings. The molecule has 0 aromatic heterocycles. The number of carboxylic acids is 2. The van der Waals surface area contributed by atoms with Gasteiger partial charge < -0.3 is 15.7 Å². The fourth-order valence-corrected chi connectivity index (χ4v) is 0.755. The van der Waals surface area contributed by atoms with Crippen molar-refractivity contribution in [1.82, 2.24) is 0 Å². The first-order chi connectivity index (χ1) is 5.61. The summed E-state index contributed by atoms with van der Waals surface area (Å²) in [6.45, 7) is 0. The van der Waals surface area contributed by atoms with Crippen LogP contribution in [-0.4, -0.2) is 27.6 Å². The molecule has 0 spiro atoms. The van der Waals surface area contributed by atoms with Crippen LogP contribution in [0.25, 0.3) is 0 Å². The zero-order valence-electron chi connectivity index (χ0n) is 7.23. The van der Waals surface area contributed by atoms with Gasteiger partial charge in [0.2, 0.25) is 0 Å². The van der Waals surface area contributed by atoms with E-state index in [1.165, 1.54) is 24.3 Å². The molecular formula is C8H8O5Zn. The van der Waals surface area contributed by atoms with Gasteiger partial charge in [-0.25, -0.2) is 9.59 Å². The van der Waals surface area contributed by atoms with Crippen molar-refractivity contribution in [2.24, 2.45) is 0 Å². The minimum atomic E-state index is -1.06. The van der Waals surface area contributed by atoms with Gasteiger partial charge in [-0.2, -0.15) is 0 Å². The average Bonchev–Trinajstić information content (AvgIpc) is 2.04. The molecule has 5 nitrogen and oxygen atoms in total. The fourth-order valence-electron chi connectivity index (χ4n) is 0.755. The molecule has 6 heteroatoms. The van der Waals surface area contributed by atoms with E-state index in [0.717, 1.165) is 0 Å². The van der Waals surface area contributed by atoms with Crippen molar-refractivity contribution in [3.8, 4) is 0 Å². The van der Waals surface area contributed by atoms with E-state index in [1.54, 1.807) is 0 Å². The topological polar surface area (TPSA) is 106 Å². The average molecular weight is 250 g/mol. The van der Waals surface area contributed by atoms with Gasteiger partial charge in [0.15, 0.2) is 0 Å². The van der Waals surface area contributed by atoms with Crippen molar-refractivity contribution in [3.05, 3.63) is 35.4 Å². The third-order valence-electron chi connectivity index (χ3n) is 1.38. The minimum absolute atomic E-state index is 0. The van der Waals surface area contributed by atoms with Crippen LogP contribution in [0.2, 0.25) is 0 Å². The number of hydrogen-bond donors (Lipinski definition) is 2. The van der Waals surface area contributed by atoms with Crippen molar-refractivity contribution in [2.45, 2.75) is 0 Å². The van der Waals surface area contributed by atoms with E-state index in [2.05, 4.69) is 0 Å². The van der Waals surface area contributed by atoms with Gasteiger partial charge in [0.1, 0.15) is 0 Å². The number of carbonyl (C=O) groups is 2. The molecule has 0 bridgehead atoms. The molecule has 14 heavy (non-hydrogen) atoms. The molecule has 0 unspecified atom stereocenters. The van der Waals surface area contributed by atoms with Crippen LogP contribution >= 0.6 is 0 Å². The molecule has 0 saturated heterocycles. The fraction of sp³-hybridized carbons (Fsp3) is 0. The molecule has 1 rings (SSSR count).